The predicted molar refractivity (Wildman–Crippen MR) is 98.2 cm³/mol. The molecule has 3 saturated heterocycles. The highest BCUT2D eigenvalue weighted by atomic mass is 16.7. The molecule has 24 heavy (non-hydrogen) atoms. The number of hydrogen-bond acceptors (Lipinski definition) is 4. The minimum absolute atomic E-state index is 0.0196. The first-order valence-electron chi connectivity index (χ1n) is 9.83. The van der Waals surface area contributed by atoms with Gasteiger partial charge in [0, 0.05) is 19.1 Å². The van der Waals surface area contributed by atoms with Gasteiger partial charge < -0.3 is 18.9 Å². The first-order valence-corrected chi connectivity index (χ1v) is 9.83. The SMILES string of the molecule is CC1CCC(C)OC1.CC1CCC(C)OC1.CC1COC(C)OC1. The van der Waals surface area contributed by atoms with E-state index in [9.17, 15) is 0 Å². The molecule has 0 bridgehead atoms. The lowest BCUT2D eigenvalue weighted by atomic mass is 10.0. The summed E-state index contributed by atoms with van der Waals surface area (Å²) in [6.07, 6.45) is 6.26. The Morgan fingerprint density at radius 1 is 0.458 bits per heavy atom. The first kappa shape index (κ1) is 21.9. The van der Waals surface area contributed by atoms with Crippen LogP contribution in [0.1, 0.15) is 67.2 Å². The van der Waals surface area contributed by atoms with Crippen molar-refractivity contribution in [2.45, 2.75) is 85.7 Å². The second-order valence-corrected chi connectivity index (χ2v) is 7.99. The molecular formula is C20H40O4. The van der Waals surface area contributed by atoms with Crippen molar-refractivity contribution in [2.24, 2.45) is 17.8 Å². The average Bonchev–Trinajstić information content (AvgIpc) is 2.57. The van der Waals surface area contributed by atoms with Crippen LogP contribution >= 0.6 is 0 Å². The summed E-state index contributed by atoms with van der Waals surface area (Å²) in [5.74, 6) is 2.17. The largest absolute Gasteiger partial charge is 0.378 e. The van der Waals surface area contributed by atoms with E-state index in [1.54, 1.807) is 0 Å². The van der Waals surface area contributed by atoms with Crippen LogP contribution in [0, 0.1) is 17.8 Å². The molecule has 0 saturated carbocycles. The first-order chi connectivity index (χ1) is 11.4. The summed E-state index contributed by atoms with van der Waals surface area (Å²) >= 11 is 0. The summed E-state index contributed by atoms with van der Waals surface area (Å²) in [7, 11) is 0. The molecule has 0 aromatic heterocycles. The molecular weight excluding hydrogens is 304 g/mol. The van der Waals surface area contributed by atoms with Gasteiger partial charge in [-0.2, -0.15) is 0 Å². The Kier molecular flexibility index (Phi) is 11.2. The fraction of sp³-hybridized carbons (Fsp3) is 1.00. The van der Waals surface area contributed by atoms with Gasteiger partial charge in [-0.15, -0.1) is 0 Å². The Labute approximate surface area is 149 Å². The van der Waals surface area contributed by atoms with Gasteiger partial charge in [-0.3, -0.25) is 0 Å². The van der Waals surface area contributed by atoms with Crippen LogP contribution in [0.15, 0.2) is 0 Å². The quantitative estimate of drug-likeness (QED) is 0.640. The summed E-state index contributed by atoms with van der Waals surface area (Å²) in [6, 6.07) is 0. The Morgan fingerprint density at radius 3 is 1.08 bits per heavy atom. The van der Waals surface area contributed by atoms with E-state index in [1.807, 2.05) is 6.92 Å². The zero-order chi connectivity index (χ0) is 17.9. The second kappa shape index (κ2) is 12.2. The van der Waals surface area contributed by atoms with Crippen LogP contribution in [0.2, 0.25) is 0 Å². The van der Waals surface area contributed by atoms with Gasteiger partial charge in [0.25, 0.3) is 0 Å². The molecule has 3 rings (SSSR count). The lowest BCUT2D eigenvalue weighted by Crippen LogP contribution is -2.27. The summed E-state index contributed by atoms with van der Waals surface area (Å²) in [6.45, 7) is 16.5. The van der Waals surface area contributed by atoms with E-state index in [-0.39, 0.29) is 6.29 Å². The van der Waals surface area contributed by atoms with Crippen LogP contribution in [-0.2, 0) is 18.9 Å². The van der Waals surface area contributed by atoms with Gasteiger partial charge in [0.05, 0.1) is 25.4 Å². The van der Waals surface area contributed by atoms with Crippen molar-refractivity contribution in [3.8, 4) is 0 Å². The number of ether oxygens (including phenoxy) is 4. The third kappa shape index (κ3) is 10.7. The monoisotopic (exact) mass is 344 g/mol. The second-order valence-electron chi connectivity index (χ2n) is 7.99. The molecule has 3 heterocycles. The van der Waals surface area contributed by atoms with Gasteiger partial charge in [0.15, 0.2) is 6.29 Å². The maximum Gasteiger partial charge on any atom is 0.154 e. The zero-order valence-electron chi connectivity index (χ0n) is 16.8. The fourth-order valence-corrected chi connectivity index (χ4v) is 2.72. The van der Waals surface area contributed by atoms with Crippen molar-refractivity contribution in [3.05, 3.63) is 0 Å². The maximum atomic E-state index is 5.39. The molecule has 144 valence electrons. The molecule has 0 aliphatic carbocycles. The van der Waals surface area contributed by atoms with Crippen molar-refractivity contribution in [1.29, 1.82) is 0 Å². The molecule has 0 radical (unpaired) electrons. The standard InChI is InChI=1S/2C7H14O.C6H12O2/c2*1-6-3-4-7(2)8-5-6;1-5-3-7-6(2)8-4-5/h2*6-7H,3-5H2,1-2H3;5-6H,3-4H2,1-2H3. The van der Waals surface area contributed by atoms with Crippen LogP contribution in [0.4, 0.5) is 0 Å². The topological polar surface area (TPSA) is 36.9 Å². The molecule has 0 aromatic carbocycles. The van der Waals surface area contributed by atoms with Crippen molar-refractivity contribution >= 4 is 0 Å². The summed E-state index contributed by atoms with van der Waals surface area (Å²) in [5, 5.41) is 0. The van der Waals surface area contributed by atoms with Gasteiger partial charge in [0.1, 0.15) is 0 Å². The lowest BCUT2D eigenvalue weighted by molar-refractivity contribution is -0.187. The van der Waals surface area contributed by atoms with Crippen molar-refractivity contribution in [2.75, 3.05) is 26.4 Å². The highest BCUT2D eigenvalue weighted by Crippen LogP contribution is 2.17. The van der Waals surface area contributed by atoms with Crippen LogP contribution in [-0.4, -0.2) is 44.9 Å². The molecule has 0 N–H and O–H groups in total. The molecule has 4 unspecified atom stereocenters. The number of hydrogen-bond donors (Lipinski definition) is 0. The highest BCUT2D eigenvalue weighted by Gasteiger charge is 2.14. The zero-order valence-corrected chi connectivity index (χ0v) is 16.8. The maximum absolute atomic E-state index is 5.39. The average molecular weight is 345 g/mol. The van der Waals surface area contributed by atoms with Crippen molar-refractivity contribution in [3.63, 3.8) is 0 Å². The van der Waals surface area contributed by atoms with Crippen molar-refractivity contribution in [1.82, 2.24) is 0 Å². The normalized spacial score (nSPS) is 39.8. The Morgan fingerprint density at radius 2 is 0.833 bits per heavy atom. The molecule has 4 nitrogen and oxygen atoms in total. The van der Waals surface area contributed by atoms with Crippen molar-refractivity contribution < 1.29 is 18.9 Å². The minimum Gasteiger partial charge on any atom is -0.378 e. The Balaban J connectivity index is 0.000000180. The van der Waals surface area contributed by atoms with E-state index in [0.717, 1.165) is 38.3 Å². The van der Waals surface area contributed by atoms with Crippen LogP contribution < -0.4 is 0 Å². The van der Waals surface area contributed by atoms with Crippen LogP contribution in [0.25, 0.3) is 0 Å². The third-order valence-corrected chi connectivity index (χ3v) is 4.69. The van der Waals surface area contributed by atoms with E-state index < -0.39 is 0 Å². The Hall–Kier alpha value is -0.160. The van der Waals surface area contributed by atoms with E-state index in [0.29, 0.717) is 18.1 Å². The molecule has 0 amide bonds. The van der Waals surface area contributed by atoms with Gasteiger partial charge in [-0.05, 0) is 58.3 Å². The van der Waals surface area contributed by atoms with E-state index in [4.69, 9.17) is 18.9 Å². The van der Waals surface area contributed by atoms with Gasteiger partial charge in [-0.1, -0.05) is 20.8 Å². The van der Waals surface area contributed by atoms with E-state index >= 15 is 0 Å². The van der Waals surface area contributed by atoms with Gasteiger partial charge >= 0.3 is 0 Å². The summed E-state index contributed by atoms with van der Waals surface area (Å²) in [5.41, 5.74) is 0. The smallest absolute Gasteiger partial charge is 0.154 e. The third-order valence-electron chi connectivity index (χ3n) is 4.69. The molecule has 3 aliphatic heterocycles. The predicted octanol–water partition coefficient (Wildman–Crippen LogP) is 4.66. The molecule has 4 atom stereocenters. The summed E-state index contributed by atoms with van der Waals surface area (Å²) < 4.78 is 21.1. The molecule has 0 aromatic rings. The van der Waals surface area contributed by atoms with E-state index in [2.05, 4.69) is 34.6 Å². The number of rotatable bonds is 0. The Bertz CT molecular complexity index is 208. The van der Waals surface area contributed by atoms with E-state index in [1.165, 1.54) is 25.7 Å². The fourth-order valence-electron chi connectivity index (χ4n) is 2.72. The molecule has 3 fully saturated rings. The molecule has 0 spiro atoms. The van der Waals surface area contributed by atoms with Gasteiger partial charge in [0.2, 0.25) is 0 Å². The van der Waals surface area contributed by atoms with Gasteiger partial charge in [-0.25, -0.2) is 0 Å². The molecule has 3 aliphatic rings. The van der Waals surface area contributed by atoms with Crippen LogP contribution in [0.3, 0.4) is 0 Å². The lowest BCUT2D eigenvalue weighted by Gasteiger charge is -2.24. The summed E-state index contributed by atoms with van der Waals surface area (Å²) in [4.78, 5) is 0. The van der Waals surface area contributed by atoms with Crippen LogP contribution in [0.5, 0.6) is 0 Å². The molecule has 4 heteroatoms. The minimum atomic E-state index is 0.0196. The highest BCUT2D eigenvalue weighted by molar-refractivity contribution is 4.63.